The third-order valence-corrected chi connectivity index (χ3v) is 2.21. The van der Waals surface area contributed by atoms with Crippen LogP contribution in [0.15, 0.2) is 0 Å². The summed E-state index contributed by atoms with van der Waals surface area (Å²) in [6, 6.07) is 0. The third-order valence-electron chi connectivity index (χ3n) is 2.21. The van der Waals surface area contributed by atoms with E-state index in [0.717, 1.165) is 0 Å². The number of cyclic esters (lactones) is 1. The Bertz CT molecular complexity index is 283. The molecule has 0 radical (unpaired) electrons. The number of nitrogens with one attached hydrogen (secondary N) is 1. The molecule has 1 aliphatic rings. The van der Waals surface area contributed by atoms with Crippen LogP contribution in [0.5, 0.6) is 0 Å². The Kier molecular flexibility index (Phi) is 5.45. The predicted molar refractivity (Wildman–Crippen MR) is 52.6 cm³/mol. The molecule has 1 fully saturated rings. The van der Waals surface area contributed by atoms with Crippen LogP contribution in [0.4, 0.5) is 0 Å². The van der Waals surface area contributed by atoms with Crippen LogP contribution in [0.3, 0.4) is 0 Å². The van der Waals surface area contributed by atoms with Crippen molar-refractivity contribution in [1.82, 2.24) is 5.48 Å². The first-order chi connectivity index (χ1) is 8.11. The largest absolute Gasteiger partial charge is 0.450 e. The number of hydroxylamine groups is 1. The third kappa shape index (κ3) is 3.45. The van der Waals surface area contributed by atoms with Crippen LogP contribution < -0.4 is 5.48 Å². The number of aliphatic hydroxyl groups is 3. The summed E-state index contributed by atoms with van der Waals surface area (Å²) in [7, 11) is 0. The summed E-state index contributed by atoms with van der Waals surface area (Å²) in [5.74, 6) is -2.02. The molecule has 8 heteroatoms. The van der Waals surface area contributed by atoms with Gasteiger partial charge in [0.1, 0.15) is 6.10 Å². The van der Waals surface area contributed by atoms with Crippen LogP contribution in [-0.4, -0.2) is 65.1 Å². The van der Waals surface area contributed by atoms with Crippen molar-refractivity contribution < 1.29 is 34.5 Å². The van der Waals surface area contributed by atoms with Gasteiger partial charge >= 0.3 is 5.97 Å². The molecule has 17 heavy (non-hydrogen) atoms. The Labute approximate surface area is 97.1 Å². The summed E-state index contributed by atoms with van der Waals surface area (Å²) in [6.45, 7) is -0.425. The zero-order valence-corrected chi connectivity index (χ0v) is 9.04. The van der Waals surface area contributed by atoms with Crippen molar-refractivity contribution in [2.24, 2.45) is 0 Å². The van der Waals surface area contributed by atoms with Gasteiger partial charge in [-0.15, -0.1) is 0 Å². The van der Waals surface area contributed by atoms with E-state index in [2.05, 4.69) is 10.2 Å². The number of aliphatic hydroxyl groups excluding tert-OH is 3. The molecule has 1 aliphatic heterocycles. The van der Waals surface area contributed by atoms with Crippen LogP contribution in [-0.2, 0) is 19.2 Å². The molecule has 0 aliphatic carbocycles. The molecule has 0 saturated carbocycles. The van der Waals surface area contributed by atoms with Gasteiger partial charge in [0.25, 0.3) is 5.78 Å². The van der Waals surface area contributed by atoms with Crippen LogP contribution in [0, 0.1) is 0 Å². The van der Waals surface area contributed by atoms with Crippen molar-refractivity contribution in [3.05, 3.63) is 0 Å². The van der Waals surface area contributed by atoms with Gasteiger partial charge in [-0.25, -0.2) is 10.3 Å². The van der Waals surface area contributed by atoms with E-state index in [0.29, 0.717) is 6.42 Å². The second-order valence-corrected chi connectivity index (χ2v) is 3.49. The van der Waals surface area contributed by atoms with Gasteiger partial charge in [-0.3, -0.25) is 9.63 Å². The molecule has 0 amide bonds. The van der Waals surface area contributed by atoms with E-state index in [1.807, 2.05) is 0 Å². The SMILES string of the molecule is O=C1O[C@H]([C@@H](O)CO)C(ONCCCO)C1=O. The highest BCUT2D eigenvalue weighted by molar-refractivity contribution is 6.37. The van der Waals surface area contributed by atoms with E-state index in [4.69, 9.17) is 15.1 Å². The summed E-state index contributed by atoms with van der Waals surface area (Å²) in [6.07, 6.45) is -3.48. The fraction of sp³-hybridized carbons (Fsp3) is 0.778. The molecule has 1 rings (SSSR count). The Balaban J connectivity index is 2.52. The molecule has 3 atom stereocenters. The Morgan fingerprint density at radius 2 is 2.12 bits per heavy atom. The van der Waals surface area contributed by atoms with E-state index in [-0.39, 0.29) is 13.2 Å². The molecular weight excluding hydrogens is 234 g/mol. The van der Waals surface area contributed by atoms with Crippen molar-refractivity contribution in [1.29, 1.82) is 0 Å². The highest BCUT2D eigenvalue weighted by Crippen LogP contribution is 2.17. The van der Waals surface area contributed by atoms with E-state index >= 15 is 0 Å². The molecule has 0 spiro atoms. The summed E-state index contributed by atoms with van der Waals surface area (Å²) in [5.41, 5.74) is 2.38. The first kappa shape index (κ1) is 14.0. The minimum absolute atomic E-state index is 0.0485. The molecule has 98 valence electrons. The Hall–Kier alpha value is -1.06. The lowest BCUT2D eigenvalue weighted by Gasteiger charge is -2.20. The van der Waals surface area contributed by atoms with Gasteiger partial charge in [-0.05, 0) is 6.42 Å². The highest BCUT2D eigenvalue weighted by Gasteiger charge is 2.48. The molecule has 1 unspecified atom stereocenters. The molecule has 4 N–H and O–H groups in total. The molecule has 8 nitrogen and oxygen atoms in total. The predicted octanol–water partition coefficient (Wildman–Crippen LogP) is -2.89. The summed E-state index contributed by atoms with van der Waals surface area (Å²) in [5, 5.41) is 26.6. The normalized spacial score (nSPS) is 26.1. The lowest BCUT2D eigenvalue weighted by molar-refractivity contribution is -0.152. The number of ether oxygens (including phenoxy) is 1. The van der Waals surface area contributed by atoms with Gasteiger partial charge in [0, 0.05) is 13.2 Å². The maximum absolute atomic E-state index is 11.3. The zero-order chi connectivity index (χ0) is 12.8. The molecule has 0 aromatic heterocycles. The number of rotatable bonds is 7. The zero-order valence-electron chi connectivity index (χ0n) is 9.04. The fourth-order valence-corrected chi connectivity index (χ4v) is 1.31. The van der Waals surface area contributed by atoms with Gasteiger partial charge in [0.2, 0.25) is 0 Å². The minimum atomic E-state index is -1.38. The number of Topliss-reactive ketones (excluding diaryl/α,β-unsaturated/α-hetero) is 1. The van der Waals surface area contributed by atoms with Crippen LogP contribution in [0.25, 0.3) is 0 Å². The first-order valence-electron chi connectivity index (χ1n) is 5.15. The monoisotopic (exact) mass is 249 g/mol. The van der Waals surface area contributed by atoms with Gasteiger partial charge < -0.3 is 20.1 Å². The quantitative estimate of drug-likeness (QED) is 0.164. The highest BCUT2D eigenvalue weighted by atomic mass is 16.7. The average molecular weight is 249 g/mol. The van der Waals surface area contributed by atoms with Crippen LogP contribution in [0.1, 0.15) is 6.42 Å². The fourth-order valence-electron chi connectivity index (χ4n) is 1.31. The second-order valence-electron chi connectivity index (χ2n) is 3.49. The van der Waals surface area contributed by atoms with Gasteiger partial charge in [-0.1, -0.05) is 0 Å². The number of carbonyl (C=O) groups excluding carboxylic acids is 2. The second kappa shape index (κ2) is 6.62. The summed E-state index contributed by atoms with van der Waals surface area (Å²) >= 11 is 0. The van der Waals surface area contributed by atoms with E-state index < -0.39 is 36.7 Å². The molecule has 0 bridgehead atoms. The van der Waals surface area contributed by atoms with Crippen molar-refractivity contribution in [3.8, 4) is 0 Å². The average Bonchev–Trinajstić information content (AvgIpc) is 2.61. The number of hydrogen-bond acceptors (Lipinski definition) is 8. The molecule has 1 saturated heterocycles. The van der Waals surface area contributed by atoms with Gasteiger partial charge in [0.15, 0.2) is 12.2 Å². The Morgan fingerprint density at radius 3 is 2.71 bits per heavy atom. The van der Waals surface area contributed by atoms with Crippen molar-refractivity contribution in [2.45, 2.75) is 24.7 Å². The van der Waals surface area contributed by atoms with Crippen LogP contribution >= 0.6 is 0 Å². The summed E-state index contributed by atoms with van der Waals surface area (Å²) < 4.78 is 4.58. The summed E-state index contributed by atoms with van der Waals surface area (Å²) in [4.78, 5) is 27.2. The Morgan fingerprint density at radius 1 is 1.41 bits per heavy atom. The van der Waals surface area contributed by atoms with Gasteiger partial charge in [-0.2, -0.15) is 0 Å². The molecule has 1 heterocycles. The van der Waals surface area contributed by atoms with E-state index in [1.54, 1.807) is 0 Å². The van der Waals surface area contributed by atoms with E-state index in [9.17, 15) is 14.7 Å². The molecule has 0 aromatic carbocycles. The smallest absolute Gasteiger partial charge is 0.378 e. The standard InChI is InChI=1S/C9H15NO7/c11-3-1-2-10-17-8-6(14)9(15)16-7(8)5(13)4-12/h5,7-8,10-13H,1-4H2/t5-,7+,8?/m0/s1. The van der Waals surface area contributed by atoms with Crippen molar-refractivity contribution >= 4 is 11.8 Å². The van der Waals surface area contributed by atoms with Crippen molar-refractivity contribution in [3.63, 3.8) is 0 Å². The van der Waals surface area contributed by atoms with E-state index in [1.165, 1.54) is 0 Å². The van der Waals surface area contributed by atoms with Gasteiger partial charge in [0.05, 0.1) is 6.61 Å². The number of hydrogen-bond donors (Lipinski definition) is 4. The lowest BCUT2D eigenvalue weighted by atomic mass is 10.1. The first-order valence-corrected chi connectivity index (χ1v) is 5.15. The number of esters is 1. The van der Waals surface area contributed by atoms with Crippen LogP contribution in [0.2, 0.25) is 0 Å². The van der Waals surface area contributed by atoms with Crippen molar-refractivity contribution in [2.75, 3.05) is 19.8 Å². The number of ketones is 1. The maximum Gasteiger partial charge on any atom is 0.378 e. The molecular formula is C9H15NO7. The molecule has 0 aromatic rings. The number of carbonyl (C=O) groups is 2. The lowest BCUT2D eigenvalue weighted by Crippen LogP contribution is -2.43. The topological polar surface area (TPSA) is 125 Å². The minimum Gasteiger partial charge on any atom is -0.450 e. The maximum atomic E-state index is 11.3.